The van der Waals surface area contributed by atoms with E-state index in [1.54, 1.807) is 6.92 Å². The van der Waals surface area contributed by atoms with Gasteiger partial charge in [-0.2, -0.15) is 0 Å². The number of aliphatic hydroxyl groups is 1. The van der Waals surface area contributed by atoms with E-state index in [9.17, 15) is 5.11 Å². The van der Waals surface area contributed by atoms with Gasteiger partial charge in [-0.1, -0.05) is 28.4 Å². The molecule has 0 bridgehead atoms. The Morgan fingerprint density at radius 2 is 2.05 bits per heavy atom. The van der Waals surface area contributed by atoms with Crippen molar-refractivity contribution >= 4 is 15.9 Å². The fraction of sp³-hybridized carbons (Fsp3) is 0.600. The molecule has 3 nitrogen and oxygen atoms in total. The zero-order valence-electron chi connectivity index (χ0n) is 11.4. The first-order chi connectivity index (χ1) is 9.16. The molecule has 1 aliphatic heterocycles. The summed E-state index contributed by atoms with van der Waals surface area (Å²) in [6.07, 6.45) is 3.46. The number of hydrogen-bond acceptors (Lipinski definition) is 3. The van der Waals surface area contributed by atoms with E-state index in [-0.39, 0.29) is 0 Å². The number of halogens is 1. The van der Waals surface area contributed by atoms with Crippen LogP contribution in [0.15, 0.2) is 22.7 Å². The van der Waals surface area contributed by atoms with Gasteiger partial charge in [-0.3, -0.25) is 4.90 Å². The van der Waals surface area contributed by atoms with E-state index >= 15 is 0 Å². The van der Waals surface area contributed by atoms with Gasteiger partial charge in [-0.25, -0.2) is 0 Å². The summed E-state index contributed by atoms with van der Waals surface area (Å²) in [5.74, 6) is 0.779. The second kappa shape index (κ2) is 7.27. The molecule has 2 rings (SSSR count). The molecule has 106 valence electrons. The topological polar surface area (TPSA) is 32.7 Å². The van der Waals surface area contributed by atoms with Gasteiger partial charge in [0.15, 0.2) is 0 Å². The van der Waals surface area contributed by atoms with Crippen LogP contribution < -0.4 is 4.74 Å². The third kappa shape index (κ3) is 4.48. The van der Waals surface area contributed by atoms with Crippen LogP contribution in [0.25, 0.3) is 0 Å². The zero-order valence-corrected chi connectivity index (χ0v) is 13.0. The molecule has 0 aliphatic carbocycles. The van der Waals surface area contributed by atoms with Crippen molar-refractivity contribution in [2.45, 2.75) is 32.3 Å². The average Bonchev–Trinajstić information content (AvgIpc) is 2.39. The Labute approximate surface area is 123 Å². The van der Waals surface area contributed by atoms with Gasteiger partial charge in [-0.05, 0) is 45.0 Å². The lowest BCUT2D eigenvalue weighted by molar-refractivity contribution is 0.171. The largest absolute Gasteiger partial charge is 0.492 e. The summed E-state index contributed by atoms with van der Waals surface area (Å²) in [6.45, 7) is 5.78. The number of aliphatic hydroxyl groups excluding tert-OH is 1. The van der Waals surface area contributed by atoms with Crippen molar-refractivity contribution in [3.63, 3.8) is 0 Å². The molecule has 1 heterocycles. The summed E-state index contributed by atoms with van der Waals surface area (Å²) in [6, 6.07) is 5.77. The van der Waals surface area contributed by atoms with Crippen LogP contribution in [0.4, 0.5) is 0 Å². The standard InChI is InChI=1S/C15H22BrNO2/c1-12(18)14-6-5-13(16)11-15(14)19-10-9-17-7-3-2-4-8-17/h5-6,11-12,18H,2-4,7-10H2,1H3/t12-/m1/s1. The number of nitrogens with zero attached hydrogens (tertiary/aromatic N) is 1. The highest BCUT2D eigenvalue weighted by Crippen LogP contribution is 2.28. The monoisotopic (exact) mass is 327 g/mol. The minimum Gasteiger partial charge on any atom is -0.492 e. The molecule has 1 N–H and O–H groups in total. The van der Waals surface area contributed by atoms with Crippen molar-refractivity contribution in [1.82, 2.24) is 4.90 Å². The van der Waals surface area contributed by atoms with Crippen LogP contribution in [0, 0.1) is 0 Å². The molecule has 4 heteroatoms. The molecule has 1 aromatic carbocycles. The Hall–Kier alpha value is -0.580. The fourth-order valence-corrected chi connectivity index (χ4v) is 2.79. The van der Waals surface area contributed by atoms with E-state index in [4.69, 9.17) is 4.74 Å². The van der Waals surface area contributed by atoms with E-state index in [2.05, 4.69) is 20.8 Å². The van der Waals surface area contributed by atoms with Crippen molar-refractivity contribution in [1.29, 1.82) is 0 Å². The number of likely N-dealkylation sites (tertiary alicyclic amines) is 1. The maximum absolute atomic E-state index is 9.74. The van der Waals surface area contributed by atoms with Gasteiger partial charge in [0.05, 0.1) is 6.10 Å². The van der Waals surface area contributed by atoms with Crippen LogP contribution in [0.5, 0.6) is 5.75 Å². The van der Waals surface area contributed by atoms with Gasteiger partial charge in [0.25, 0.3) is 0 Å². The number of hydrogen-bond donors (Lipinski definition) is 1. The molecular weight excluding hydrogens is 306 g/mol. The third-order valence-corrected chi connectivity index (χ3v) is 4.03. The van der Waals surface area contributed by atoms with Crippen LogP contribution in [-0.2, 0) is 0 Å². The van der Waals surface area contributed by atoms with E-state index in [0.717, 1.165) is 22.3 Å². The predicted molar refractivity (Wildman–Crippen MR) is 80.6 cm³/mol. The molecule has 0 unspecified atom stereocenters. The van der Waals surface area contributed by atoms with Crippen LogP contribution in [0.2, 0.25) is 0 Å². The quantitative estimate of drug-likeness (QED) is 0.900. The molecule has 1 fully saturated rings. The summed E-state index contributed by atoms with van der Waals surface area (Å²) in [4.78, 5) is 2.45. The van der Waals surface area contributed by atoms with Gasteiger partial charge in [0.1, 0.15) is 12.4 Å². The number of rotatable bonds is 5. The third-order valence-electron chi connectivity index (χ3n) is 3.54. The van der Waals surface area contributed by atoms with Gasteiger partial charge in [-0.15, -0.1) is 0 Å². The minimum absolute atomic E-state index is 0.502. The Morgan fingerprint density at radius 1 is 1.32 bits per heavy atom. The van der Waals surface area contributed by atoms with E-state index in [0.29, 0.717) is 6.61 Å². The Balaban J connectivity index is 1.89. The first kappa shape index (κ1) is 14.8. The van der Waals surface area contributed by atoms with Crippen molar-refractivity contribution in [2.75, 3.05) is 26.2 Å². The first-order valence-electron chi connectivity index (χ1n) is 6.99. The highest BCUT2D eigenvalue weighted by atomic mass is 79.9. The van der Waals surface area contributed by atoms with Crippen LogP contribution >= 0.6 is 15.9 Å². The number of piperidine rings is 1. The summed E-state index contributed by atoms with van der Waals surface area (Å²) in [5.41, 5.74) is 0.849. The van der Waals surface area contributed by atoms with Crippen molar-refractivity contribution < 1.29 is 9.84 Å². The predicted octanol–water partition coefficient (Wildman–Crippen LogP) is 3.37. The Kier molecular flexibility index (Phi) is 5.67. The zero-order chi connectivity index (χ0) is 13.7. The van der Waals surface area contributed by atoms with Gasteiger partial charge in [0.2, 0.25) is 0 Å². The first-order valence-corrected chi connectivity index (χ1v) is 7.79. The normalized spacial score (nSPS) is 18.3. The molecule has 1 saturated heterocycles. The molecule has 0 spiro atoms. The summed E-state index contributed by atoms with van der Waals surface area (Å²) < 4.78 is 6.83. The highest BCUT2D eigenvalue weighted by Gasteiger charge is 2.12. The highest BCUT2D eigenvalue weighted by molar-refractivity contribution is 9.10. The summed E-state index contributed by atoms with van der Waals surface area (Å²) >= 11 is 3.44. The van der Waals surface area contributed by atoms with Crippen LogP contribution in [0.3, 0.4) is 0 Å². The molecule has 0 radical (unpaired) electrons. The van der Waals surface area contributed by atoms with Crippen molar-refractivity contribution in [3.8, 4) is 5.75 Å². The van der Waals surface area contributed by atoms with Gasteiger partial charge in [0, 0.05) is 16.6 Å². The van der Waals surface area contributed by atoms with Gasteiger partial charge >= 0.3 is 0 Å². The molecule has 0 aromatic heterocycles. The Morgan fingerprint density at radius 3 is 2.74 bits per heavy atom. The fourth-order valence-electron chi connectivity index (χ4n) is 2.45. The molecular formula is C15H22BrNO2. The maximum atomic E-state index is 9.74. The number of ether oxygens (including phenoxy) is 1. The maximum Gasteiger partial charge on any atom is 0.126 e. The molecule has 0 saturated carbocycles. The van der Waals surface area contributed by atoms with E-state index in [1.807, 2.05) is 18.2 Å². The van der Waals surface area contributed by atoms with Crippen molar-refractivity contribution in [3.05, 3.63) is 28.2 Å². The van der Waals surface area contributed by atoms with Crippen LogP contribution in [-0.4, -0.2) is 36.2 Å². The van der Waals surface area contributed by atoms with Crippen LogP contribution in [0.1, 0.15) is 37.9 Å². The molecule has 19 heavy (non-hydrogen) atoms. The smallest absolute Gasteiger partial charge is 0.126 e. The SMILES string of the molecule is C[C@@H](O)c1ccc(Br)cc1OCCN1CCCCC1. The lowest BCUT2D eigenvalue weighted by atomic mass is 10.1. The lowest BCUT2D eigenvalue weighted by Gasteiger charge is -2.26. The number of benzene rings is 1. The molecule has 1 aromatic rings. The lowest BCUT2D eigenvalue weighted by Crippen LogP contribution is -2.33. The van der Waals surface area contributed by atoms with E-state index < -0.39 is 6.10 Å². The van der Waals surface area contributed by atoms with Gasteiger partial charge < -0.3 is 9.84 Å². The molecule has 0 amide bonds. The Bertz CT molecular complexity index is 403. The van der Waals surface area contributed by atoms with E-state index in [1.165, 1.54) is 32.4 Å². The second-order valence-electron chi connectivity index (χ2n) is 5.11. The van der Waals surface area contributed by atoms with Crippen molar-refractivity contribution in [2.24, 2.45) is 0 Å². The second-order valence-corrected chi connectivity index (χ2v) is 6.02. The average molecular weight is 328 g/mol. The minimum atomic E-state index is -0.502. The molecule has 1 aliphatic rings. The summed E-state index contributed by atoms with van der Waals surface area (Å²) in [5, 5.41) is 9.74. The summed E-state index contributed by atoms with van der Waals surface area (Å²) in [7, 11) is 0. The molecule has 1 atom stereocenters.